The van der Waals surface area contributed by atoms with Gasteiger partial charge in [-0.1, -0.05) is 6.07 Å². The highest BCUT2D eigenvalue weighted by Crippen LogP contribution is 2.48. The summed E-state index contributed by atoms with van der Waals surface area (Å²) in [6.45, 7) is 0. The highest BCUT2D eigenvalue weighted by molar-refractivity contribution is 7.92. The Morgan fingerprint density at radius 2 is 1.87 bits per heavy atom. The molecule has 3 unspecified atom stereocenters. The lowest BCUT2D eigenvalue weighted by molar-refractivity contribution is -0.0437. The van der Waals surface area contributed by atoms with Crippen LogP contribution in [0, 0.1) is 17.1 Å². The summed E-state index contributed by atoms with van der Waals surface area (Å²) in [5.74, 6) is -1.15. The Morgan fingerprint density at radius 1 is 1.16 bits per heavy atom. The monoisotopic (exact) mass is 457 g/mol. The van der Waals surface area contributed by atoms with Crippen LogP contribution in [0.1, 0.15) is 58.2 Å². The number of aliphatic hydroxyl groups is 1. The van der Waals surface area contributed by atoms with Crippen molar-refractivity contribution in [2.75, 3.05) is 0 Å². The van der Waals surface area contributed by atoms with Crippen LogP contribution in [0.3, 0.4) is 0 Å². The number of aryl methyl sites for hydroxylation is 1. The minimum absolute atomic E-state index is 0.00334. The van der Waals surface area contributed by atoms with Gasteiger partial charge in [-0.3, -0.25) is 0 Å². The van der Waals surface area contributed by atoms with Crippen LogP contribution in [0.4, 0.5) is 22.0 Å². The zero-order valence-electron chi connectivity index (χ0n) is 15.9. The van der Waals surface area contributed by atoms with Gasteiger partial charge in [-0.25, -0.2) is 17.2 Å². The van der Waals surface area contributed by atoms with E-state index in [9.17, 15) is 40.7 Å². The van der Waals surface area contributed by atoms with E-state index in [1.807, 2.05) is 6.07 Å². The highest BCUT2D eigenvalue weighted by Gasteiger charge is 2.50. The Morgan fingerprint density at radius 3 is 2.52 bits per heavy atom. The number of aliphatic hydroxyl groups excluding tert-OH is 1. The molecule has 2 aliphatic rings. The number of hydrogen-bond acceptors (Lipinski definition) is 4. The number of rotatable bonds is 2. The van der Waals surface area contributed by atoms with Gasteiger partial charge >= 0.3 is 5.51 Å². The summed E-state index contributed by atoms with van der Waals surface area (Å²) in [6, 6.07) is 6.21. The number of halogens is 5. The van der Waals surface area contributed by atoms with Crippen molar-refractivity contribution >= 4 is 9.84 Å². The minimum Gasteiger partial charge on any atom is -0.385 e. The minimum atomic E-state index is -5.81. The molecule has 0 aliphatic heterocycles. The molecule has 10 heteroatoms. The van der Waals surface area contributed by atoms with E-state index in [4.69, 9.17) is 0 Å². The fourth-order valence-electron chi connectivity index (χ4n) is 4.72. The first-order chi connectivity index (χ1) is 14.5. The van der Waals surface area contributed by atoms with Crippen LogP contribution in [-0.2, 0) is 22.7 Å². The molecule has 4 nitrogen and oxygen atoms in total. The summed E-state index contributed by atoms with van der Waals surface area (Å²) in [5.41, 5.74) is -4.72. The number of sulfone groups is 1. The van der Waals surface area contributed by atoms with Gasteiger partial charge in [0, 0.05) is 17.9 Å². The normalized spacial score (nSPS) is 23.2. The van der Waals surface area contributed by atoms with Crippen LogP contribution in [0.25, 0.3) is 0 Å². The van der Waals surface area contributed by atoms with Gasteiger partial charge in [-0.15, -0.1) is 0 Å². The fraction of sp³-hybridized carbons (Fsp3) is 0.381. The standard InChI is InChI=1S/C21H16F5NO3S/c22-12-6-10-2-1-3-14(18(10)11(7-12)9-27)13-4-5-17(31(29,30)21(24,25)26)19-15(13)8-16(23)20(19)28/h4-7,14,16,20,28H,1-3,8H2. The second kappa shape index (κ2) is 7.28. The average Bonchev–Trinajstić information content (AvgIpc) is 2.99. The summed E-state index contributed by atoms with van der Waals surface area (Å²) in [6.07, 6.45) is -2.90. The molecular weight excluding hydrogens is 441 g/mol. The van der Waals surface area contributed by atoms with E-state index in [2.05, 4.69) is 0 Å². The summed E-state index contributed by atoms with van der Waals surface area (Å²) in [7, 11) is -5.81. The van der Waals surface area contributed by atoms with Crippen LogP contribution >= 0.6 is 0 Å². The molecule has 2 aromatic rings. The maximum atomic E-state index is 14.4. The van der Waals surface area contributed by atoms with E-state index in [1.165, 1.54) is 12.1 Å². The summed E-state index contributed by atoms with van der Waals surface area (Å²) in [5, 5.41) is 19.7. The van der Waals surface area contributed by atoms with E-state index in [1.54, 1.807) is 0 Å². The molecule has 0 radical (unpaired) electrons. The third-order valence-corrected chi connectivity index (χ3v) is 7.54. The lowest BCUT2D eigenvalue weighted by atomic mass is 9.75. The van der Waals surface area contributed by atoms with Crippen molar-refractivity contribution in [3.63, 3.8) is 0 Å². The summed E-state index contributed by atoms with van der Waals surface area (Å²) in [4.78, 5) is -1.16. The SMILES string of the molecule is N#Cc1cc(F)cc2c1C(c1ccc(S(=O)(=O)C(F)(F)F)c3c1CC(F)C3O)CCC2. The number of alkyl halides is 4. The first kappa shape index (κ1) is 21.7. The molecule has 31 heavy (non-hydrogen) atoms. The van der Waals surface area contributed by atoms with Gasteiger partial charge in [-0.05, 0) is 59.7 Å². The van der Waals surface area contributed by atoms with Gasteiger partial charge in [0.1, 0.15) is 18.1 Å². The summed E-state index contributed by atoms with van der Waals surface area (Å²) >= 11 is 0. The quantitative estimate of drug-likeness (QED) is 0.679. The van der Waals surface area contributed by atoms with Crippen LogP contribution in [0.15, 0.2) is 29.2 Å². The fourth-order valence-corrected chi connectivity index (χ4v) is 5.75. The van der Waals surface area contributed by atoms with E-state index in [0.29, 0.717) is 36.0 Å². The zero-order valence-corrected chi connectivity index (χ0v) is 16.7. The van der Waals surface area contributed by atoms with Crippen molar-refractivity contribution in [2.45, 2.75) is 54.3 Å². The zero-order chi connectivity index (χ0) is 22.7. The third kappa shape index (κ3) is 3.31. The molecule has 4 rings (SSSR count). The summed E-state index contributed by atoms with van der Waals surface area (Å²) < 4.78 is 91.9. The van der Waals surface area contributed by atoms with Crippen molar-refractivity contribution in [3.05, 3.63) is 63.5 Å². The molecule has 0 amide bonds. The van der Waals surface area contributed by atoms with E-state index < -0.39 is 56.2 Å². The number of nitrogens with zero attached hydrogens (tertiary/aromatic N) is 1. The third-order valence-electron chi connectivity index (χ3n) is 6.00. The predicted molar refractivity (Wildman–Crippen MR) is 99.1 cm³/mol. The predicted octanol–water partition coefficient (Wildman–Crippen LogP) is 4.39. The molecular formula is C21H16F5NO3S. The molecule has 0 heterocycles. The number of benzene rings is 2. The maximum Gasteiger partial charge on any atom is 0.501 e. The first-order valence-electron chi connectivity index (χ1n) is 9.49. The van der Waals surface area contributed by atoms with Crippen molar-refractivity contribution in [1.82, 2.24) is 0 Å². The van der Waals surface area contributed by atoms with Crippen LogP contribution < -0.4 is 0 Å². The molecule has 0 saturated carbocycles. The molecule has 0 saturated heterocycles. The van der Waals surface area contributed by atoms with Crippen molar-refractivity contribution in [1.29, 1.82) is 5.26 Å². The molecule has 3 atom stereocenters. The molecule has 0 bridgehead atoms. The van der Waals surface area contributed by atoms with Crippen molar-refractivity contribution in [3.8, 4) is 6.07 Å². The van der Waals surface area contributed by atoms with Gasteiger partial charge in [0.15, 0.2) is 0 Å². The van der Waals surface area contributed by atoms with Gasteiger partial charge in [0.05, 0.1) is 16.5 Å². The van der Waals surface area contributed by atoms with E-state index >= 15 is 0 Å². The maximum absolute atomic E-state index is 14.4. The molecule has 2 aliphatic carbocycles. The number of fused-ring (bicyclic) bond motifs is 2. The van der Waals surface area contributed by atoms with Gasteiger partial charge < -0.3 is 5.11 Å². The molecule has 164 valence electrons. The smallest absolute Gasteiger partial charge is 0.385 e. The second-order valence-electron chi connectivity index (χ2n) is 7.74. The van der Waals surface area contributed by atoms with Gasteiger partial charge in [0.2, 0.25) is 0 Å². The molecule has 2 aromatic carbocycles. The van der Waals surface area contributed by atoms with Gasteiger partial charge in [0.25, 0.3) is 9.84 Å². The lowest BCUT2D eigenvalue weighted by Crippen LogP contribution is -2.25. The molecule has 0 spiro atoms. The molecule has 0 aromatic heterocycles. The first-order valence-corrected chi connectivity index (χ1v) is 11.0. The van der Waals surface area contributed by atoms with E-state index in [-0.39, 0.29) is 11.1 Å². The van der Waals surface area contributed by atoms with Crippen molar-refractivity contribution < 1.29 is 35.5 Å². The Hall–Kier alpha value is -2.51. The lowest BCUT2D eigenvalue weighted by Gasteiger charge is -2.29. The Kier molecular flexibility index (Phi) is 5.10. The van der Waals surface area contributed by atoms with E-state index in [0.717, 1.165) is 12.1 Å². The topological polar surface area (TPSA) is 78.2 Å². The van der Waals surface area contributed by atoms with Gasteiger partial charge in [-0.2, -0.15) is 18.4 Å². The van der Waals surface area contributed by atoms with Crippen molar-refractivity contribution in [2.24, 2.45) is 0 Å². The van der Waals surface area contributed by atoms with Crippen LogP contribution in [-0.4, -0.2) is 25.2 Å². The Bertz CT molecular complexity index is 1220. The largest absolute Gasteiger partial charge is 0.501 e. The van der Waals surface area contributed by atoms with Crippen LogP contribution in [0.2, 0.25) is 0 Å². The average molecular weight is 457 g/mol. The Labute approximate surface area is 174 Å². The molecule has 1 N–H and O–H groups in total. The second-order valence-corrected chi connectivity index (χ2v) is 9.65. The highest BCUT2D eigenvalue weighted by atomic mass is 32.2. The molecule has 0 fully saturated rings. The Balaban J connectivity index is 1.97. The number of nitriles is 1. The number of hydrogen-bond donors (Lipinski definition) is 1. The van der Waals surface area contributed by atoms with Crippen LogP contribution in [0.5, 0.6) is 0 Å².